The predicted octanol–water partition coefficient (Wildman–Crippen LogP) is 2.36. The van der Waals surface area contributed by atoms with Crippen molar-refractivity contribution >= 4 is 17.3 Å². The van der Waals surface area contributed by atoms with Crippen LogP contribution in [0.15, 0.2) is 18.2 Å². The summed E-state index contributed by atoms with van der Waals surface area (Å²) >= 11 is 6.31. The van der Waals surface area contributed by atoms with E-state index in [1.54, 1.807) is 0 Å². The number of hydrogen-bond donors (Lipinski definition) is 1. The first kappa shape index (κ1) is 13.7. The second-order valence-corrected chi connectivity index (χ2v) is 5.62. The summed E-state index contributed by atoms with van der Waals surface area (Å²) < 4.78 is 0. The molecule has 2 rings (SSSR count). The lowest BCUT2D eigenvalue weighted by Gasteiger charge is -2.43. The lowest BCUT2D eigenvalue weighted by atomic mass is 10.1. The van der Waals surface area contributed by atoms with Gasteiger partial charge < -0.3 is 10.0 Å². The summed E-state index contributed by atoms with van der Waals surface area (Å²) in [7, 11) is 2.17. The molecule has 4 heteroatoms. The Balaban J connectivity index is 2.21. The van der Waals surface area contributed by atoms with Gasteiger partial charge in [0.25, 0.3) is 0 Å². The van der Waals surface area contributed by atoms with Crippen molar-refractivity contribution in [3.8, 4) is 0 Å². The lowest BCUT2D eigenvalue weighted by molar-refractivity contribution is 0.170. The average Bonchev–Trinajstić information content (AvgIpc) is 2.35. The van der Waals surface area contributed by atoms with Crippen LogP contribution in [0, 0.1) is 0 Å². The Morgan fingerprint density at radius 2 is 1.89 bits per heavy atom. The van der Waals surface area contributed by atoms with E-state index in [0.29, 0.717) is 12.1 Å². The van der Waals surface area contributed by atoms with Crippen LogP contribution in [0.4, 0.5) is 5.69 Å². The molecular formula is C14H21ClN2O. The van der Waals surface area contributed by atoms with Crippen molar-refractivity contribution in [1.82, 2.24) is 4.90 Å². The van der Waals surface area contributed by atoms with Gasteiger partial charge in [-0.25, -0.2) is 0 Å². The molecule has 0 radical (unpaired) electrons. The van der Waals surface area contributed by atoms with Gasteiger partial charge in [-0.3, -0.25) is 4.90 Å². The van der Waals surface area contributed by atoms with Crippen LogP contribution in [0.5, 0.6) is 0 Å². The summed E-state index contributed by atoms with van der Waals surface area (Å²) in [6, 6.07) is 6.84. The standard InChI is InChI=1S/C14H21ClN2O/c1-10-7-17(8-11(2)16(10)3)14-5-4-12(9-18)6-13(14)15/h4-6,10-11,18H,7-9H2,1-3H3. The zero-order chi connectivity index (χ0) is 13.3. The molecule has 3 nitrogen and oxygen atoms in total. The molecule has 2 unspecified atom stereocenters. The van der Waals surface area contributed by atoms with E-state index in [1.165, 1.54) is 0 Å². The van der Waals surface area contributed by atoms with Gasteiger partial charge >= 0.3 is 0 Å². The van der Waals surface area contributed by atoms with Gasteiger partial charge in [0.05, 0.1) is 17.3 Å². The van der Waals surface area contributed by atoms with E-state index in [2.05, 4.69) is 30.7 Å². The summed E-state index contributed by atoms with van der Waals surface area (Å²) in [5.41, 5.74) is 1.93. The van der Waals surface area contributed by atoms with Crippen molar-refractivity contribution in [1.29, 1.82) is 0 Å². The number of benzene rings is 1. The van der Waals surface area contributed by atoms with Crippen molar-refractivity contribution in [3.05, 3.63) is 28.8 Å². The minimum atomic E-state index is 0.0372. The molecule has 0 saturated carbocycles. The fraction of sp³-hybridized carbons (Fsp3) is 0.571. The van der Waals surface area contributed by atoms with E-state index >= 15 is 0 Å². The maximum absolute atomic E-state index is 9.10. The van der Waals surface area contributed by atoms with Gasteiger partial charge in [-0.1, -0.05) is 17.7 Å². The molecule has 100 valence electrons. The van der Waals surface area contributed by atoms with Crippen LogP contribution in [0.3, 0.4) is 0 Å². The second kappa shape index (κ2) is 5.47. The van der Waals surface area contributed by atoms with Crippen molar-refractivity contribution in [2.75, 3.05) is 25.0 Å². The maximum Gasteiger partial charge on any atom is 0.0682 e. The number of anilines is 1. The number of rotatable bonds is 2. The number of aliphatic hydroxyl groups excluding tert-OH is 1. The normalized spacial score (nSPS) is 25.5. The number of piperazine rings is 1. The molecule has 0 bridgehead atoms. The third-order valence-corrected chi connectivity index (χ3v) is 4.20. The van der Waals surface area contributed by atoms with Crippen molar-refractivity contribution in [2.45, 2.75) is 32.5 Å². The highest BCUT2D eigenvalue weighted by molar-refractivity contribution is 6.33. The zero-order valence-electron chi connectivity index (χ0n) is 11.2. The van der Waals surface area contributed by atoms with E-state index in [0.717, 1.165) is 29.4 Å². The summed E-state index contributed by atoms with van der Waals surface area (Å²) in [4.78, 5) is 4.73. The summed E-state index contributed by atoms with van der Waals surface area (Å²) in [5.74, 6) is 0. The van der Waals surface area contributed by atoms with Crippen molar-refractivity contribution in [3.63, 3.8) is 0 Å². The molecule has 1 aromatic rings. The number of likely N-dealkylation sites (N-methyl/N-ethyl adjacent to an activating group) is 1. The van der Waals surface area contributed by atoms with Gasteiger partial charge in [0, 0.05) is 25.2 Å². The first-order valence-corrected chi connectivity index (χ1v) is 6.77. The van der Waals surface area contributed by atoms with Gasteiger partial charge in [0.15, 0.2) is 0 Å². The Hall–Kier alpha value is -0.770. The summed E-state index contributed by atoms with van der Waals surface area (Å²) in [6.45, 7) is 6.48. The monoisotopic (exact) mass is 268 g/mol. The van der Waals surface area contributed by atoms with Crippen LogP contribution >= 0.6 is 11.6 Å². The smallest absolute Gasteiger partial charge is 0.0682 e. The Labute approximate surface area is 114 Å². The molecule has 1 aliphatic rings. The van der Waals surface area contributed by atoms with Crippen LogP contribution in [0.25, 0.3) is 0 Å². The quantitative estimate of drug-likeness (QED) is 0.892. The Kier molecular flexibility index (Phi) is 4.15. The molecule has 0 aromatic heterocycles. The molecule has 0 amide bonds. The molecule has 0 aliphatic carbocycles. The van der Waals surface area contributed by atoms with Gasteiger partial charge in [-0.15, -0.1) is 0 Å². The van der Waals surface area contributed by atoms with E-state index in [-0.39, 0.29) is 6.61 Å². The highest BCUT2D eigenvalue weighted by Gasteiger charge is 2.27. The van der Waals surface area contributed by atoms with E-state index < -0.39 is 0 Å². The topological polar surface area (TPSA) is 26.7 Å². The van der Waals surface area contributed by atoms with Gasteiger partial charge in [-0.2, -0.15) is 0 Å². The minimum absolute atomic E-state index is 0.0372. The third-order valence-electron chi connectivity index (χ3n) is 3.90. The first-order chi connectivity index (χ1) is 8.52. The number of nitrogens with zero attached hydrogens (tertiary/aromatic N) is 2. The van der Waals surface area contributed by atoms with Crippen LogP contribution in [-0.2, 0) is 6.61 Å². The van der Waals surface area contributed by atoms with Crippen LogP contribution < -0.4 is 4.90 Å². The second-order valence-electron chi connectivity index (χ2n) is 5.21. The predicted molar refractivity (Wildman–Crippen MR) is 76.3 cm³/mol. The molecular weight excluding hydrogens is 248 g/mol. The van der Waals surface area contributed by atoms with Crippen LogP contribution in [-0.4, -0.2) is 42.2 Å². The molecule has 1 N–H and O–H groups in total. The van der Waals surface area contributed by atoms with Crippen LogP contribution in [0.1, 0.15) is 19.4 Å². The molecule has 2 atom stereocenters. The fourth-order valence-corrected chi connectivity index (χ4v) is 2.83. The highest BCUT2D eigenvalue weighted by Crippen LogP contribution is 2.29. The van der Waals surface area contributed by atoms with Gasteiger partial charge in [0.2, 0.25) is 0 Å². The largest absolute Gasteiger partial charge is 0.392 e. The van der Waals surface area contributed by atoms with Crippen molar-refractivity contribution < 1.29 is 5.11 Å². The molecule has 1 saturated heterocycles. The first-order valence-electron chi connectivity index (χ1n) is 6.39. The zero-order valence-corrected chi connectivity index (χ0v) is 12.0. The SMILES string of the molecule is CC1CN(c2ccc(CO)cc2Cl)CC(C)N1C. The minimum Gasteiger partial charge on any atom is -0.392 e. The molecule has 1 heterocycles. The summed E-state index contributed by atoms with van der Waals surface area (Å²) in [5, 5.41) is 9.83. The van der Waals surface area contributed by atoms with Crippen LogP contribution in [0.2, 0.25) is 5.02 Å². The average molecular weight is 269 g/mol. The molecule has 18 heavy (non-hydrogen) atoms. The molecule has 1 aromatic carbocycles. The number of hydrogen-bond acceptors (Lipinski definition) is 3. The molecule has 1 fully saturated rings. The third kappa shape index (κ3) is 2.63. The lowest BCUT2D eigenvalue weighted by Crippen LogP contribution is -2.55. The highest BCUT2D eigenvalue weighted by atomic mass is 35.5. The molecule has 0 spiro atoms. The number of halogens is 1. The van der Waals surface area contributed by atoms with E-state index in [9.17, 15) is 0 Å². The maximum atomic E-state index is 9.10. The molecule has 1 aliphatic heterocycles. The van der Waals surface area contributed by atoms with E-state index in [1.807, 2.05) is 18.2 Å². The fourth-order valence-electron chi connectivity index (χ4n) is 2.51. The van der Waals surface area contributed by atoms with E-state index in [4.69, 9.17) is 16.7 Å². The Bertz CT molecular complexity index is 412. The summed E-state index contributed by atoms with van der Waals surface area (Å²) in [6.07, 6.45) is 0. The number of aliphatic hydroxyl groups is 1. The van der Waals surface area contributed by atoms with Gasteiger partial charge in [0.1, 0.15) is 0 Å². The Morgan fingerprint density at radius 1 is 1.28 bits per heavy atom. The van der Waals surface area contributed by atoms with Crippen molar-refractivity contribution in [2.24, 2.45) is 0 Å². The Morgan fingerprint density at radius 3 is 2.39 bits per heavy atom. The van der Waals surface area contributed by atoms with Gasteiger partial charge in [-0.05, 0) is 38.6 Å².